The molecule has 5 atom stereocenters. The summed E-state index contributed by atoms with van der Waals surface area (Å²) in [6.07, 6.45) is -1.90. The van der Waals surface area contributed by atoms with Gasteiger partial charge in [0.2, 0.25) is 0 Å². The number of aliphatic hydroxyl groups excluding tert-OH is 1. The van der Waals surface area contributed by atoms with Gasteiger partial charge in [-0.1, -0.05) is 0 Å². The largest absolute Gasteiger partial charge is 0.394 e. The lowest BCUT2D eigenvalue weighted by Gasteiger charge is -2.36. The average Bonchev–Trinajstić information content (AvgIpc) is 2.71. The molecule has 6 nitrogen and oxygen atoms in total. The first-order valence-corrected chi connectivity index (χ1v) is 6.29. The van der Waals surface area contributed by atoms with E-state index < -0.39 is 24.0 Å². The van der Waals surface area contributed by atoms with Gasteiger partial charge in [-0.25, -0.2) is 0 Å². The van der Waals surface area contributed by atoms with Gasteiger partial charge in [0.15, 0.2) is 17.9 Å². The zero-order chi connectivity index (χ0) is 13.1. The van der Waals surface area contributed by atoms with Crippen LogP contribution in [0.1, 0.15) is 27.7 Å². The molecule has 0 spiro atoms. The van der Waals surface area contributed by atoms with Crippen LogP contribution in [0.25, 0.3) is 0 Å². The summed E-state index contributed by atoms with van der Waals surface area (Å²) >= 11 is 0. The number of rotatable bonds is 1. The Balaban J connectivity index is 1.86. The lowest BCUT2D eigenvalue weighted by molar-refractivity contribution is -0.240. The molecule has 1 unspecified atom stereocenters. The summed E-state index contributed by atoms with van der Waals surface area (Å²) in [4.78, 5) is 0. The number of hydrogen-bond acceptors (Lipinski definition) is 6. The third-order valence-electron chi connectivity index (χ3n) is 3.43. The van der Waals surface area contributed by atoms with Crippen LogP contribution < -0.4 is 0 Å². The minimum absolute atomic E-state index is 0.131. The summed E-state index contributed by atoms with van der Waals surface area (Å²) in [5.41, 5.74) is 0. The summed E-state index contributed by atoms with van der Waals surface area (Å²) in [7, 11) is 0. The Kier molecular flexibility index (Phi) is 2.75. The van der Waals surface area contributed by atoms with E-state index in [1.807, 2.05) is 27.7 Å². The molecule has 1 N–H and O–H groups in total. The third-order valence-corrected chi connectivity index (χ3v) is 3.43. The maximum Gasteiger partial charge on any atom is 0.190 e. The Hall–Kier alpha value is -0.240. The van der Waals surface area contributed by atoms with Crippen LogP contribution in [0.2, 0.25) is 0 Å². The van der Waals surface area contributed by atoms with Gasteiger partial charge in [0, 0.05) is 0 Å². The second kappa shape index (κ2) is 3.88. The van der Waals surface area contributed by atoms with E-state index in [0.29, 0.717) is 0 Å². The molecule has 18 heavy (non-hydrogen) atoms. The fourth-order valence-corrected chi connectivity index (χ4v) is 2.84. The summed E-state index contributed by atoms with van der Waals surface area (Å²) in [6, 6.07) is 0. The molecule has 0 aliphatic carbocycles. The average molecular weight is 260 g/mol. The van der Waals surface area contributed by atoms with Crippen molar-refractivity contribution in [3.05, 3.63) is 0 Å². The standard InChI is InChI=1S/C12H20O6/c1-11(2)15-7-6(5-13)14-10-9(8(7)16-11)17-12(3,4)18-10/h6-10,13H,5H2,1-4H3/t6-,7+,8+,9-,10?/m1/s1. The van der Waals surface area contributed by atoms with E-state index in [1.54, 1.807) is 0 Å². The van der Waals surface area contributed by atoms with E-state index in [2.05, 4.69) is 0 Å². The smallest absolute Gasteiger partial charge is 0.190 e. The zero-order valence-electron chi connectivity index (χ0n) is 11.1. The molecule has 3 aliphatic heterocycles. The van der Waals surface area contributed by atoms with E-state index in [0.717, 1.165) is 0 Å². The molecule has 0 radical (unpaired) electrons. The van der Waals surface area contributed by atoms with Crippen LogP contribution in [-0.4, -0.2) is 54.0 Å². The fourth-order valence-electron chi connectivity index (χ4n) is 2.84. The molecule has 104 valence electrons. The van der Waals surface area contributed by atoms with Crippen molar-refractivity contribution < 1.29 is 28.8 Å². The van der Waals surface area contributed by atoms with Crippen LogP contribution in [0.3, 0.4) is 0 Å². The summed E-state index contributed by atoms with van der Waals surface area (Å²) in [5, 5.41) is 9.40. The van der Waals surface area contributed by atoms with Crippen molar-refractivity contribution in [1.82, 2.24) is 0 Å². The Morgan fingerprint density at radius 2 is 1.39 bits per heavy atom. The van der Waals surface area contributed by atoms with Gasteiger partial charge in [0.05, 0.1) is 6.61 Å². The predicted octanol–water partition coefficient (Wildman–Crippen LogP) is 0.375. The molecular weight excluding hydrogens is 240 g/mol. The van der Waals surface area contributed by atoms with Crippen LogP contribution in [-0.2, 0) is 23.7 Å². The molecule has 0 amide bonds. The van der Waals surface area contributed by atoms with Crippen molar-refractivity contribution in [3.63, 3.8) is 0 Å². The molecule has 0 bridgehead atoms. The highest BCUT2D eigenvalue weighted by atomic mass is 16.9. The molecule has 0 aromatic carbocycles. The highest BCUT2D eigenvalue weighted by Crippen LogP contribution is 2.43. The maximum atomic E-state index is 9.40. The Morgan fingerprint density at radius 3 is 2.06 bits per heavy atom. The fraction of sp³-hybridized carbons (Fsp3) is 1.00. The van der Waals surface area contributed by atoms with Gasteiger partial charge < -0.3 is 28.8 Å². The first-order valence-electron chi connectivity index (χ1n) is 6.29. The van der Waals surface area contributed by atoms with E-state index in [4.69, 9.17) is 23.7 Å². The molecule has 6 heteroatoms. The number of ether oxygens (including phenoxy) is 5. The summed E-state index contributed by atoms with van der Waals surface area (Å²) in [6.45, 7) is 7.22. The highest BCUT2D eigenvalue weighted by Gasteiger charge is 2.60. The Labute approximate surface area is 106 Å². The minimum Gasteiger partial charge on any atom is -0.394 e. The van der Waals surface area contributed by atoms with Crippen molar-refractivity contribution in [2.24, 2.45) is 0 Å². The predicted molar refractivity (Wildman–Crippen MR) is 59.6 cm³/mol. The van der Waals surface area contributed by atoms with E-state index in [9.17, 15) is 5.11 Å². The molecule has 0 aromatic rings. The molecule has 3 heterocycles. The van der Waals surface area contributed by atoms with Gasteiger partial charge in [-0.05, 0) is 27.7 Å². The van der Waals surface area contributed by atoms with E-state index >= 15 is 0 Å². The normalized spacial score (nSPS) is 48.8. The van der Waals surface area contributed by atoms with E-state index in [-0.39, 0.29) is 24.9 Å². The number of fused-ring (bicyclic) bond motifs is 3. The van der Waals surface area contributed by atoms with Gasteiger partial charge in [0.1, 0.15) is 24.4 Å². The summed E-state index contributed by atoms with van der Waals surface area (Å²) < 4.78 is 28.9. The molecule has 3 fully saturated rings. The molecule has 0 aromatic heterocycles. The van der Waals surface area contributed by atoms with Crippen LogP contribution in [0.5, 0.6) is 0 Å². The third kappa shape index (κ3) is 1.97. The van der Waals surface area contributed by atoms with Crippen molar-refractivity contribution >= 4 is 0 Å². The van der Waals surface area contributed by atoms with Crippen LogP contribution in [0, 0.1) is 0 Å². The lowest BCUT2D eigenvalue weighted by Crippen LogP contribution is -2.56. The highest BCUT2D eigenvalue weighted by molar-refractivity contribution is 4.99. The second-order valence-corrected chi connectivity index (χ2v) is 5.89. The van der Waals surface area contributed by atoms with Crippen molar-refractivity contribution in [2.75, 3.05) is 6.61 Å². The van der Waals surface area contributed by atoms with Crippen LogP contribution in [0.4, 0.5) is 0 Å². The molecule has 3 saturated heterocycles. The van der Waals surface area contributed by atoms with Gasteiger partial charge in [-0.3, -0.25) is 0 Å². The quantitative estimate of drug-likeness (QED) is 0.735. The van der Waals surface area contributed by atoms with Gasteiger partial charge >= 0.3 is 0 Å². The van der Waals surface area contributed by atoms with Crippen LogP contribution >= 0.6 is 0 Å². The van der Waals surface area contributed by atoms with Crippen molar-refractivity contribution in [2.45, 2.75) is 70.0 Å². The zero-order valence-corrected chi connectivity index (χ0v) is 11.1. The minimum atomic E-state index is -0.708. The maximum absolute atomic E-state index is 9.40. The Morgan fingerprint density at radius 1 is 0.833 bits per heavy atom. The first-order chi connectivity index (χ1) is 8.31. The lowest BCUT2D eigenvalue weighted by atomic mass is 9.99. The second-order valence-electron chi connectivity index (χ2n) is 5.89. The van der Waals surface area contributed by atoms with Gasteiger partial charge in [-0.15, -0.1) is 0 Å². The van der Waals surface area contributed by atoms with E-state index in [1.165, 1.54) is 0 Å². The van der Waals surface area contributed by atoms with Crippen LogP contribution in [0.15, 0.2) is 0 Å². The van der Waals surface area contributed by atoms with Crippen molar-refractivity contribution in [1.29, 1.82) is 0 Å². The molecule has 3 rings (SSSR count). The summed E-state index contributed by atoms with van der Waals surface area (Å²) in [5.74, 6) is -1.41. The monoisotopic (exact) mass is 260 g/mol. The van der Waals surface area contributed by atoms with Gasteiger partial charge in [0.25, 0.3) is 0 Å². The SMILES string of the molecule is CC1(C)O[C@@H]2[C@H](O1)[C@H]1OC(C)(C)OC1O[C@@H]2CO. The molecule has 0 saturated carbocycles. The molecule has 3 aliphatic rings. The number of hydrogen-bond donors (Lipinski definition) is 1. The first kappa shape index (κ1) is 12.8. The molecular formula is C12H20O6. The topological polar surface area (TPSA) is 66.4 Å². The van der Waals surface area contributed by atoms with Gasteiger partial charge in [-0.2, -0.15) is 0 Å². The Bertz CT molecular complexity index is 341. The van der Waals surface area contributed by atoms with Crippen molar-refractivity contribution in [3.8, 4) is 0 Å². The number of aliphatic hydroxyl groups is 1.